The third-order valence-electron chi connectivity index (χ3n) is 4.04. The Morgan fingerprint density at radius 1 is 1.41 bits per heavy atom. The van der Waals surface area contributed by atoms with E-state index < -0.39 is 42.2 Å². The molecule has 3 atom stereocenters. The van der Waals surface area contributed by atoms with Gasteiger partial charge >= 0.3 is 0 Å². The molecule has 7 nitrogen and oxygen atoms in total. The van der Waals surface area contributed by atoms with E-state index in [1.807, 2.05) is 0 Å². The van der Waals surface area contributed by atoms with Crippen molar-refractivity contribution in [2.75, 3.05) is 13.1 Å². The highest BCUT2D eigenvalue weighted by Crippen LogP contribution is 2.27. The SMILES string of the molecule is NC(=O)[C@H](C[C@@H]1CCNC1=O)NC(=O)[C@@H]1CC(F)(F)CCN1. The van der Waals surface area contributed by atoms with E-state index in [-0.39, 0.29) is 25.3 Å². The van der Waals surface area contributed by atoms with Crippen molar-refractivity contribution in [3.8, 4) is 0 Å². The fourth-order valence-electron chi connectivity index (χ4n) is 2.76. The van der Waals surface area contributed by atoms with Crippen molar-refractivity contribution >= 4 is 17.7 Å². The predicted molar refractivity (Wildman–Crippen MR) is 72.8 cm³/mol. The Morgan fingerprint density at radius 3 is 2.68 bits per heavy atom. The van der Waals surface area contributed by atoms with E-state index in [9.17, 15) is 23.2 Å². The van der Waals surface area contributed by atoms with Gasteiger partial charge in [-0.1, -0.05) is 0 Å². The summed E-state index contributed by atoms with van der Waals surface area (Å²) in [6.45, 7) is 0.538. The van der Waals surface area contributed by atoms with Crippen LogP contribution in [0.4, 0.5) is 8.78 Å². The molecular weight excluding hydrogens is 298 g/mol. The zero-order valence-corrected chi connectivity index (χ0v) is 12.0. The number of nitrogens with two attached hydrogens (primary N) is 1. The van der Waals surface area contributed by atoms with Gasteiger partial charge in [-0.3, -0.25) is 14.4 Å². The van der Waals surface area contributed by atoms with E-state index in [4.69, 9.17) is 5.73 Å². The van der Waals surface area contributed by atoms with Gasteiger partial charge in [0.15, 0.2) is 0 Å². The standard InChI is InChI=1S/C13H20F2N4O3/c14-13(15)2-4-17-9(6-13)12(22)19-8(10(16)20)5-7-1-3-18-11(7)21/h7-9,17H,1-6H2,(H2,16,20)(H,18,21)(H,19,22)/t7-,8-,9-/m0/s1. The number of hydrogen-bond acceptors (Lipinski definition) is 4. The van der Waals surface area contributed by atoms with E-state index in [0.29, 0.717) is 13.0 Å². The van der Waals surface area contributed by atoms with Crippen LogP contribution in [-0.4, -0.2) is 48.8 Å². The quantitative estimate of drug-likeness (QED) is 0.514. The van der Waals surface area contributed by atoms with Crippen LogP contribution in [0.3, 0.4) is 0 Å². The van der Waals surface area contributed by atoms with E-state index in [2.05, 4.69) is 16.0 Å². The summed E-state index contributed by atoms with van der Waals surface area (Å²) < 4.78 is 26.7. The first kappa shape index (κ1) is 16.6. The number of carbonyl (C=O) groups excluding carboxylic acids is 3. The van der Waals surface area contributed by atoms with Crippen LogP contribution in [0.2, 0.25) is 0 Å². The number of nitrogens with one attached hydrogen (secondary N) is 3. The molecule has 9 heteroatoms. The molecule has 0 aromatic rings. The smallest absolute Gasteiger partial charge is 0.251 e. The molecule has 0 radical (unpaired) electrons. The lowest BCUT2D eigenvalue weighted by atomic mass is 9.96. The van der Waals surface area contributed by atoms with E-state index in [0.717, 1.165) is 0 Å². The molecule has 0 unspecified atom stereocenters. The van der Waals surface area contributed by atoms with Gasteiger partial charge in [0, 0.05) is 31.8 Å². The molecule has 3 amide bonds. The van der Waals surface area contributed by atoms with Crippen LogP contribution in [0.1, 0.15) is 25.7 Å². The first-order valence-corrected chi connectivity index (χ1v) is 7.27. The molecule has 0 saturated carbocycles. The largest absolute Gasteiger partial charge is 0.368 e. The minimum atomic E-state index is -2.90. The zero-order valence-electron chi connectivity index (χ0n) is 12.0. The van der Waals surface area contributed by atoms with Gasteiger partial charge < -0.3 is 21.7 Å². The van der Waals surface area contributed by atoms with Gasteiger partial charge in [-0.25, -0.2) is 8.78 Å². The lowest BCUT2D eigenvalue weighted by Gasteiger charge is -2.30. The van der Waals surface area contributed by atoms with Gasteiger partial charge in [0.25, 0.3) is 5.92 Å². The summed E-state index contributed by atoms with van der Waals surface area (Å²) >= 11 is 0. The van der Waals surface area contributed by atoms with Crippen LogP contribution < -0.4 is 21.7 Å². The summed E-state index contributed by atoms with van der Waals surface area (Å²) in [5, 5.41) is 7.71. The van der Waals surface area contributed by atoms with Crippen LogP contribution in [0.15, 0.2) is 0 Å². The van der Waals surface area contributed by atoms with Gasteiger partial charge in [0.05, 0.1) is 6.04 Å². The maximum Gasteiger partial charge on any atom is 0.251 e. The molecule has 0 aliphatic carbocycles. The molecule has 2 saturated heterocycles. The van der Waals surface area contributed by atoms with Crippen LogP contribution in [-0.2, 0) is 14.4 Å². The van der Waals surface area contributed by atoms with Crippen molar-refractivity contribution in [1.29, 1.82) is 0 Å². The molecule has 0 bridgehead atoms. The summed E-state index contributed by atoms with van der Waals surface area (Å²) in [6.07, 6.45) is -0.305. The van der Waals surface area contributed by atoms with Crippen molar-refractivity contribution in [1.82, 2.24) is 16.0 Å². The summed E-state index contributed by atoms with van der Waals surface area (Å²) in [4.78, 5) is 35.0. The molecule has 0 spiro atoms. The molecule has 5 N–H and O–H groups in total. The number of alkyl halides is 2. The Balaban J connectivity index is 1.94. The fourth-order valence-corrected chi connectivity index (χ4v) is 2.76. The summed E-state index contributed by atoms with van der Waals surface area (Å²) in [5.74, 6) is -4.97. The van der Waals surface area contributed by atoms with Gasteiger partial charge in [-0.2, -0.15) is 0 Å². The minimum absolute atomic E-state index is 0.0252. The molecule has 0 aromatic heterocycles. The first-order valence-electron chi connectivity index (χ1n) is 7.27. The van der Waals surface area contributed by atoms with E-state index >= 15 is 0 Å². The third kappa shape index (κ3) is 4.12. The van der Waals surface area contributed by atoms with Crippen molar-refractivity contribution in [3.63, 3.8) is 0 Å². The zero-order chi connectivity index (χ0) is 16.3. The monoisotopic (exact) mass is 318 g/mol. The number of carbonyl (C=O) groups is 3. The van der Waals surface area contributed by atoms with Crippen LogP contribution in [0, 0.1) is 5.92 Å². The van der Waals surface area contributed by atoms with Crippen LogP contribution in [0.5, 0.6) is 0 Å². The number of piperidine rings is 1. The second-order valence-electron chi connectivity index (χ2n) is 5.79. The second kappa shape index (κ2) is 6.55. The molecule has 124 valence electrons. The number of primary amides is 1. The van der Waals surface area contributed by atoms with Crippen LogP contribution >= 0.6 is 0 Å². The predicted octanol–water partition coefficient (Wildman–Crippen LogP) is -1.13. The molecule has 22 heavy (non-hydrogen) atoms. The highest BCUT2D eigenvalue weighted by molar-refractivity contribution is 5.90. The fraction of sp³-hybridized carbons (Fsp3) is 0.769. The number of rotatable bonds is 5. The average molecular weight is 318 g/mol. The summed E-state index contributed by atoms with van der Waals surface area (Å²) in [5.41, 5.74) is 5.24. The average Bonchev–Trinajstić information content (AvgIpc) is 2.82. The first-order chi connectivity index (χ1) is 10.3. The Hall–Kier alpha value is -1.77. The van der Waals surface area contributed by atoms with Crippen molar-refractivity contribution < 1.29 is 23.2 Å². The molecule has 2 aliphatic rings. The molecule has 2 rings (SSSR count). The van der Waals surface area contributed by atoms with Gasteiger partial charge in [-0.05, 0) is 12.8 Å². The van der Waals surface area contributed by atoms with Gasteiger partial charge in [-0.15, -0.1) is 0 Å². The highest BCUT2D eigenvalue weighted by atomic mass is 19.3. The maximum absolute atomic E-state index is 13.3. The lowest BCUT2D eigenvalue weighted by molar-refractivity contribution is -0.133. The number of hydrogen-bond donors (Lipinski definition) is 4. The molecular formula is C13H20F2N4O3. The third-order valence-corrected chi connectivity index (χ3v) is 4.04. The normalized spacial score (nSPS) is 28.7. The van der Waals surface area contributed by atoms with Crippen molar-refractivity contribution in [2.45, 2.75) is 43.7 Å². The van der Waals surface area contributed by atoms with E-state index in [1.54, 1.807) is 0 Å². The molecule has 0 aromatic carbocycles. The second-order valence-corrected chi connectivity index (χ2v) is 5.79. The molecule has 2 heterocycles. The van der Waals surface area contributed by atoms with Crippen molar-refractivity contribution in [2.24, 2.45) is 11.7 Å². The maximum atomic E-state index is 13.3. The Kier molecular flexibility index (Phi) is 4.94. The Labute approximate surface area is 126 Å². The highest BCUT2D eigenvalue weighted by Gasteiger charge is 2.40. The molecule has 2 fully saturated rings. The van der Waals surface area contributed by atoms with Crippen molar-refractivity contribution in [3.05, 3.63) is 0 Å². The van der Waals surface area contributed by atoms with Gasteiger partial charge in [0.1, 0.15) is 6.04 Å². The van der Waals surface area contributed by atoms with Gasteiger partial charge in [0.2, 0.25) is 17.7 Å². The summed E-state index contributed by atoms with van der Waals surface area (Å²) in [6, 6.07) is -2.11. The lowest BCUT2D eigenvalue weighted by Crippen LogP contribution is -2.56. The van der Waals surface area contributed by atoms with Crippen LogP contribution in [0.25, 0.3) is 0 Å². The Morgan fingerprint density at radius 2 is 2.14 bits per heavy atom. The topological polar surface area (TPSA) is 113 Å². The Bertz CT molecular complexity index is 472. The summed E-state index contributed by atoms with van der Waals surface area (Å²) in [7, 11) is 0. The van der Waals surface area contributed by atoms with E-state index in [1.165, 1.54) is 0 Å². The minimum Gasteiger partial charge on any atom is -0.368 e. The number of halogens is 2. The number of amides is 3. The molecule has 2 aliphatic heterocycles.